The van der Waals surface area contributed by atoms with Crippen LogP contribution in [0.4, 0.5) is 11.4 Å². The highest BCUT2D eigenvalue weighted by Gasteiger charge is 2.27. The molecule has 0 unspecified atom stereocenters. The summed E-state index contributed by atoms with van der Waals surface area (Å²) in [4.78, 5) is 13.1. The number of hydrogen-bond acceptors (Lipinski definition) is 5. The molecule has 0 spiro atoms. The molecule has 11 heteroatoms. The van der Waals surface area contributed by atoms with Crippen LogP contribution in [0.2, 0.25) is 5.02 Å². The second kappa shape index (κ2) is 10.8. The number of hydrogen-bond donors (Lipinski definition) is 2. The number of nitrogens with one attached hydrogen (secondary N) is 2. The Morgan fingerprint density at radius 1 is 0.784 bits per heavy atom. The zero-order chi connectivity index (χ0) is 26.8. The minimum atomic E-state index is -3.87. The van der Waals surface area contributed by atoms with Crippen LogP contribution in [-0.4, -0.2) is 40.1 Å². The van der Waals surface area contributed by atoms with Crippen LogP contribution in [0, 0.1) is 13.8 Å². The van der Waals surface area contributed by atoms with E-state index in [1.165, 1.54) is 46.8 Å². The minimum absolute atomic E-state index is 0.00741. The fourth-order valence-electron chi connectivity index (χ4n) is 4.05. The van der Waals surface area contributed by atoms with Gasteiger partial charge in [-0.1, -0.05) is 30.2 Å². The van der Waals surface area contributed by atoms with Crippen LogP contribution in [-0.2, 0) is 20.0 Å². The third-order valence-corrected chi connectivity index (χ3v) is 9.95. The van der Waals surface area contributed by atoms with Crippen molar-refractivity contribution in [1.82, 2.24) is 4.31 Å². The quantitative estimate of drug-likeness (QED) is 0.412. The lowest BCUT2D eigenvalue weighted by molar-refractivity contribution is 0.102. The molecule has 8 nitrogen and oxygen atoms in total. The molecular weight excluding hydrogens is 534 g/mol. The third kappa shape index (κ3) is 6.15. The summed E-state index contributed by atoms with van der Waals surface area (Å²) in [5, 5.41) is 3.16. The molecule has 0 aromatic heterocycles. The Morgan fingerprint density at radius 2 is 1.38 bits per heavy atom. The Labute approximate surface area is 222 Å². The Bertz CT molecular complexity index is 1530. The zero-order valence-corrected chi connectivity index (χ0v) is 22.9. The van der Waals surface area contributed by atoms with Crippen molar-refractivity contribution in [3.05, 3.63) is 82.4 Å². The predicted molar refractivity (Wildman–Crippen MR) is 145 cm³/mol. The molecule has 1 amide bonds. The fraction of sp³-hybridized carbons (Fsp3) is 0.269. The van der Waals surface area contributed by atoms with Crippen molar-refractivity contribution < 1.29 is 21.6 Å². The van der Waals surface area contributed by atoms with Gasteiger partial charge in [-0.2, -0.15) is 4.31 Å². The largest absolute Gasteiger partial charge is 0.322 e. The molecule has 0 atom stereocenters. The Balaban J connectivity index is 1.50. The molecule has 1 fully saturated rings. The fourth-order valence-corrected chi connectivity index (χ4v) is 6.82. The van der Waals surface area contributed by atoms with Crippen LogP contribution < -0.4 is 10.0 Å². The first-order valence-electron chi connectivity index (χ1n) is 11.8. The maximum atomic E-state index is 13.1. The molecule has 3 aromatic carbocycles. The van der Waals surface area contributed by atoms with Crippen molar-refractivity contribution in [2.24, 2.45) is 0 Å². The van der Waals surface area contributed by atoms with Crippen LogP contribution in [0.1, 0.15) is 40.7 Å². The van der Waals surface area contributed by atoms with Crippen molar-refractivity contribution in [2.45, 2.75) is 42.9 Å². The van der Waals surface area contributed by atoms with Crippen molar-refractivity contribution >= 4 is 48.9 Å². The number of aryl methyl sites for hydroxylation is 2. The summed E-state index contributed by atoms with van der Waals surface area (Å²) >= 11 is 6.08. The van der Waals surface area contributed by atoms with Crippen molar-refractivity contribution in [3.8, 4) is 0 Å². The summed E-state index contributed by atoms with van der Waals surface area (Å²) in [6.07, 6.45) is 2.64. The summed E-state index contributed by atoms with van der Waals surface area (Å²) in [7, 11) is -7.56. The van der Waals surface area contributed by atoms with Gasteiger partial charge >= 0.3 is 0 Å². The van der Waals surface area contributed by atoms with E-state index in [9.17, 15) is 21.6 Å². The number of carbonyl (C=O) groups excluding carboxylic acids is 1. The lowest BCUT2D eigenvalue weighted by atomic mass is 10.1. The first kappa shape index (κ1) is 27.1. The Hall–Kier alpha value is -2.92. The highest BCUT2D eigenvalue weighted by Crippen LogP contribution is 2.25. The minimum Gasteiger partial charge on any atom is -0.322 e. The molecule has 2 N–H and O–H groups in total. The molecule has 1 aliphatic rings. The van der Waals surface area contributed by atoms with Gasteiger partial charge in [0.05, 0.1) is 15.5 Å². The van der Waals surface area contributed by atoms with E-state index in [1.807, 2.05) is 6.92 Å². The van der Waals surface area contributed by atoms with Crippen molar-refractivity contribution in [2.75, 3.05) is 23.1 Å². The molecular formula is C26H28ClN3O5S2. The highest BCUT2D eigenvalue weighted by atomic mass is 35.5. The molecule has 3 aromatic rings. The van der Waals surface area contributed by atoms with Crippen LogP contribution >= 0.6 is 11.6 Å². The van der Waals surface area contributed by atoms with Gasteiger partial charge in [-0.05, 0) is 86.3 Å². The molecule has 0 aliphatic carbocycles. The second-order valence-corrected chi connectivity index (χ2v) is 13.0. The first-order chi connectivity index (χ1) is 17.5. The van der Waals surface area contributed by atoms with Crippen LogP contribution in [0.15, 0.2) is 70.5 Å². The summed E-state index contributed by atoms with van der Waals surface area (Å²) in [6.45, 7) is 4.49. The first-order valence-corrected chi connectivity index (χ1v) is 15.1. The van der Waals surface area contributed by atoms with E-state index in [0.717, 1.165) is 24.8 Å². The van der Waals surface area contributed by atoms with Crippen LogP contribution in [0.3, 0.4) is 0 Å². The highest BCUT2D eigenvalue weighted by molar-refractivity contribution is 7.92. The van der Waals surface area contributed by atoms with Crippen LogP contribution in [0.5, 0.6) is 0 Å². The number of carbonyl (C=O) groups is 1. The molecule has 0 radical (unpaired) electrons. The van der Waals surface area contributed by atoms with Gasteiger partial charge in [0.1, 0.15) is 0 Å². The second-order valence-electron chi connectivity index (χ2n) is 8.99. The van der Waals surface area contributed by atoms with E-state index < -0.39 is 26.0 Å². The van der Waals surface area contributed by atoms with E-state index in [1.54, 1.807) is 25.1 Å². The monoisotopic (exact) mass is 561 g/mol. The smallest absolute Gasteiger partial charge is 0.261 e. The predicted octanol–water partition coefficient (Wildman–Crippen LogP) is 5.18. The molecule has 0 saturated carbocycles. The molecule has 37 heavy (non-hydrogen) atoms. The van der Waals surface area contributed by atoms with Gasteiger partial charge in [-0.25, -0.2) is 16.8 Å². The number of amides is 1. The van der Waals surface area contributed by atoms with E-state index in [0.29, 0.717) is 35.1 Å². The molecule has 1 saturated heterocycles. The number of benzene rings is 3. The number of sulfonamides is 2. The van der Waals surface area contributed by atoms with Gasteiger partial charge in [0, 0.05) is 29.4 Å². The third-order valence-electron chi connectivity index (χ3n) is 6.25. The molecule has 196 valence electrons. The number of piperidine rings is 1. The number of rotatable bonds is 7. The SMILES string of the molecule is Cc1ccc(NS(=O)(=O)c2ccc(NC(=O)c3cc(S(=O)(=O)N4CCCCC4)ccc3C)cc2)cc1Cl. The summed E-state index contributed by atoms with van der Waals surface area (Å²) in [5.74, 6) is -0.490. The van der Waals surface area contributed by atoms with E-state index in [4.69, 9.17) is 11.6 Å². The lowest BCUT2D eigenvalue weighted by Crippen LogP contribution is -2.35. The van der Waals surface area contributed by atoms with Crippen LogP contribution in [0.25, 0.3) is 0 Å². The average Bonchev–Trinajstić information content (AvgIpc) is 2.87. The van der Waals surface area contributed by atoms with E-state index in [2.05, 4.69) is 10.0 Å². The summed E-state index contributed by atoms with van der Waals surface area (Å²) < 4.78 is 55.6. The maximum absolute atomic E-state index is 13.1. The molecule has 1 aliphatic heterocycles. The topological polar surface area (TPSA) is 113 Å². The maximum Gasteiger partial charge on any atom is 0.261 e. The van der Waals surface area contributed by atoms with Crippen molar-refractivity contribution in [3.63, 3.8) is 0 Å². The normalized spacial score (nSPS) is 14.8. The van der Waals surface area contributed by atoms with Gasteiger partial charge in [-0.3, -0.25) is 9.52 Å². The molecule has 4 rings (SSSR count). The summed E-state index contributed by atoms with van der Waals surface area (Å²) in [5.41, 5.74) is 2.38. The average molecular weight is 562 g/mol. The van der Waals surface area contributed by atoms with E-state index >= 15 is 0 Å². The number of anilines is 2. The van der Waals surface area contributed by atoms with Gasteiger partial charge in [0.2, 0.25) is 10.0 Å². The Kier molecular flexibility index (Phi) is 7.94. The van der Waals surface area contributed by atoms with E-state index in [-0.39, 0.29) is 15.4 Å². The number of nitrogens with zero attached hydrogens (tertiary/aromatic N) is 1. The van der Waals surface area contributed by atoms with Gasteiger partial charge in [0.15, 0.2) is 0 Å². The molecule has 0 bridgehead atoms. The van der Waals surface area contributed by atoms with Gasteiger partial charge < -0.3 is 5.32 Å². The zero-order valence-electron chi connectivity index (χ0n) is 20.5. The van der Waals surface area contributed by atoms with Gasteiger partial charge in [-0.15, -0.1) is 0 Å². The lowest BCUT2D eigenvalue weighted by Gasteiger charge is -2.26. The molecule has 1 heterocycles. The standard InChI is InChI=1S/C26H28ClN3O5S2/c1-18-7-11-23(37(34,35)30-14-4-3-5-15-30)17-24(18)26(31)28-20-9-12-22(13-10-20)36(32,33)29-21-8-6-19(2)25(27)16-21/h6-13,16-17,29H,3-5,14-15H2,1-2H3,(H,28,31). The Morgan fingerprint density at radius 3 is 2.03 bits per heavy atom. The summed E-state index contributed by atoms with van der Waals surface area (Å²) in [6, 6.07) is 15.1. The van der Waals surface area contributed by atoms with Gasteiger partial charge in [0.25, 0.3) is 15.9 Å². The van der Waals surface area contributed by atoms with Crippen molar-refractivity contribution in [1.29, 1.82) is 0 Å². The number of halogens is 1.